The Morgan fingerprint density at radius 1 is 1.16 bits per heavy atom. The summed E-state index contributed by atoms with van der Waals surface area (Å²) < 4.78 is 10.9. The Hall–Kier alpha value is -2.74. The zero-order chi connectivity index (χ0) is 23.0. The van der Waals surface area contributed by atoms with E-state index in [0.29, 0.717) is 19.5 Å². The van der Waals surface area contributed by atoms with Crippen molar-refractivity contribution in [2.45, 2.75) is 64.8 Å². The molecule has 0 aliphatic carbocycles. The van der Waals surface area contributed by atoms with Crippen LogP contribution in [0.4, 0.5) is 0 Å². The molecule has 1 saturated heterocycles. The SMILES string of the molecule is CC(C)CC(CC(=O)N1Cc2ccccc2C1)C(=O)OC1(C)C(=O)COC1(C)C(N)=O. The van der Waals surface area contributed by atoms with Crippen molar-refractivity contribution in [3.05, 3.63) is 35.4 Å². The molecule has 3 atom stereocenters. The second kappa shape index (κ2) is 8.42. The molecule has 8 heteroatoms. The van der Waals surface area contributed by atoms with Crippen molar-refractivity contribution < 1.29 is 28.7 Å². The molecule has 2 heterocycles. The van der Waals surface area contributed by atoms with Gasteiger partial charge in [0.1, 0.15) is 6.61 Å². The van der Waals surface area contributed by atoms with Crippen LogP contribution in [0.15, 0.2) is 24.3 Å². The van der Waals surface area contributed by atoms with Gasteiger partial charge in [0, 0.05) is 19.5 Å². The number of ketones is 1. The Morgan fingerprint density at radius 2 is 1.74 bits per heavy atom. The molecular weight excluding hydrogens is 400 g/mol. The Kier molecular flexibility index (Phi) is 6.23. The molecule has 8 nitrogen and oxygen atoms in total. The molecule has 31 heavy (non-hydrogen) atoms. The van der Waals surface area contributed by atoms with E-state index >= 15 is 0 Å². The fraction of sp³-hybridized carbons (Fsp3) is 0.565. The molecule has 2 aliphatic heterocycles. The Balaban J connectivity index is 1.75. The van der Waals surface area contributed by atoms with E-state index in [9.17, 15) is 19.2 Å². The molecular formula is C23H30N2O6. The van der Waals surface area contributed by atoms with Crippen LogP contribution in [-0.2, 0) is 41.7 Å². The fourth-order valence-electron chi connectivity index (χ4n) is 4.18. The summed E-state index contributed by atoms with van der Waals surface area (Å²) >= 11 is 0. The van der Waals surface area contributed by atoms with Crippen LogP contribution in [0.3, 0.4) is 0 Å². The first-order valence-corrected chi connectivity index (χ1v) is 10.5. The first-order valence-electron chi connectivity index (χ1n) is 10.5. The lowest BCUT2D eigenvalue weighted by atomic mass is 9.83. The molecule has 0 spiro atoms. The third-order valence-electron chi connectivity index (χ3n) is 6.41. The maximum absolute atomic E-state index is 13.1. The third kappa shape index (κ3) is 4.21. The van der Waals surface area contributed by atoms with Crippen molar-refractivity contribution in [2.24, 2.45) is 17.6 Å². The quantitative estimate of drug-likeness (QED) is 0.659. The van der Waals surface area contributed by atoms with Crippen LogP contribution >= 0.6 is 0 Å². The van der Waals surface area contributed by atoms with E-state index < -0.39 is 34.8 Å². The second-order valence-electron chi connectivity index (χ2n) is 9.11. The molecule has 2 amide bonds. The molecule has 2 N–H and O–H groups in total. The number of carbonyl (C=O) groups is 4. The van der Waals surface area contributed by atoms with Gasteiger partial charge < -0.3 is 20.1 Å². The zero-order valence-electron chi connectivity index (χ0n) is 18.5. The van der Waals surface area contributed by atoms with Gasteiger partial charge in [-0.1, -0.05) is 38.1 Å². The predicted molar refractivity (Wildman–Crippen MR) is 111 cm³/mol. The van der Waals surface area contributed by atoms with Crippen molar-refractivity contribution in [3.63, 3.8) is 0 Å². The van der Waals surface area contributed by atoms with Crippen LogP contribution < -0.4 is 5.73 Å². The van der Waals surface area contributed by atoms with E-state index in [-0.39, 0.29) is 24.9 Å². The Bertz CT molecular complexity index is 888. The number of ether oxygens (including phenoxy) is 2. The number of carbonyl (C=O) groups excluding carboxylic acids is 4. The maximum Gasteiger partial charge on any atom is 0.310 e. The lowest BCUT2D eigenvalue weighted by Crippen LogP contribution is -2.60. The molecule has 0 radical (unpaired) electrons. The largest absolute Gasteiger partial charge is 0.447 e. The lowest BCUT2D eigenvalue weighted by molar-refractivity contribution is -0.186. The molecule has 0 bridgehead atoms. The number of nitrogens with two attached hydrogens (primary N) is 1. The average Bonchev–Trinajstić information content (AvgIpc) is 3.23. The van der Waals surface area contributed by atoms with Gasteiger partial charge in [-0.15, -0.1) is 0 Å². The number of rotatable bonds is 7. The number of benzene rings is 1. The number of esters is 1. The van der Waals surface area contributed by atoms with Gasteiger partial charge in [-0.2, -0.15) is 0 Å². The van der Waals surface area contributed by atoms with Crippen LogP contribution in [0.1, 0.15) is 51.7 Å². The summed E-state index contributed by atoms with van der Waals surface area (Å²) in [6.07, 6.45) is 0.368. The van der Waals surface area contributed by atoms with Gasteiger partial charge in [-0.25, -0.2) is 0 Å². The monoisotopic (exact) mass is 430 g/mol. The van der Waals surface area contributed by atoms with Gasteiger partial charge in [-0.05, 0) is 37.3 Å². The summed E-state index contributed by atoms with van der Waals surface area (Å²) in [7, 11) is 0. The van der Waals surface area contributed by atoms with E-state index in [1.165, 1.54) is 13.8 Å². The van der Waals surface area contributed by atoms with Crippen molar-refractivity contribution in [1.29, 1.82) is 0 Å². The summed E-state index contributed by atoms with van der Waals surface area (Å²) in [6, 6.07) is 7.84. The van der Waals surface area contributed by atoms with Crippen molar-refractivity contribution >= 4 is 23.6 Å². The van der Waals surface area contributed by atoms with Crippen LogP contribution in [0, 0.1) is 11.8 Å². The Morgan fingerprint density at radius 3 is 2.26 bits per heavy atom. The van der Waals surface area contributed by atoms with Gasteiger partial charge in [0.25, 0.3) is 5.91 Å². The third-order valence-corrected chi connectivity index (χ3v) is 6.41. The van der Waals surface area contributed by atoms with Crippen molar-refractivity contribution in [2.75, 3.05) is 6.61 Å². The topological polar surface area (TPSA) is 116 Å². The smallest absolute Gasteiger partial charge is 0.310 e. The highest BCUT2D eigenvalue weighted by atomic mass is 16.6. The first-order chi connectivity index (χ1) is 14.5. The molecule has 168 valence electrons. The second-order valence-corrected chi connectivity index (χ2v) is 9.11. The molecule has 2 aliphatic rings. The van der Waals surface area contributed by atoms with Crippen LogP contribution in [-0.4, -0.2) is 46.3 Å². The zero-order valence-corrected chi connectivity index (χ0v) is 18.5. The molecule has 3 unspecified atom stereocenters. The number of hydrogen-bond donors (Lipinski definition) is 1. The van der Waals surface area contributed by atoms with Crippen molar-refractivity contribution in [1.82, 2.24) is 4.90 Å². The van der Waals surface area contributed by atoms with Gasteiger partial charge in [-0.3, -0.25) is 19.2 Å². The normalized spacial score (nSPS) is 26.1. The van der Waals surface area contributed by atoms with Gasteiger partial charge >= 0.3 is 5.97 Å². The van der Waals surface area contributed by atoms with E-state index in [1.54, 1.807) is 4.90 Å². The number of amides is 2. The van der Waals surface area contributed by atoms with Crippen LogP contribution in [0.5, 0.6) is 0 Å². The van der Waals surface area contributed by atoms with Gasteiger partial charge in [0.05, 0.1) is 5.92 Å². The molecule has 1 aromatic rings. The first kappa shape index (κ1) is 22.9. The van der Waals surface area contributed by atoms with Crippen molar-refractivity contribution in [3.8, 4) is 0 Å². The van der Waals surface area contributed by atoms with Gasteiger partial charge in [0.2, 0.25) is 17.3 Å². The average molecular weight is 431 g/mol. The number of fused-ring (bicyclic) bond motifs is 1. The Labute approximate surface area is 182 Å². The van der Waals surface area contributed by atoms with E-state index in [4.69, 9.17) is 15.2 Å². The number of nitrogens with zero attached hydrogens (tertiary/aromatic N) is 1. The highest BCUT2D eigenvalue weighted by Gasteiger charge is 2.63. The van der Waals surface area contributed by atoms with Crippen LogP contribution in [0.2, 0.25) is 0 Å². The number of primary amides is 1. The highest BCUT2D eigenvalue weighted by Crippen LogP contribution is 2.38. The minimum Gasteiger partial charge on any atom is -0.447 e. The van der Waals surface area contributed by atoms with Gasteiger partial charge in [0.15, 0.2) is 5.60 Å². The molecule has 3 rings (SSSR count). The van der Waals surface area contributed by atoms with E-state index in [0.717, 1.165) is 11.1 Å². The summed E-state index contributed by atoms with van der Waals surface area (Å²) in [4.78, 5) is 52.2. The number of hydrogen-bond acceptors (Lipinski definition) is 6. The van der Waals surface area contributed by atoms with E-state index in [1.807, 2.05) is 38.1 Å². The minimum atomic E-state index is -1.84. The standard InChI is InChI=1S/C23H30N2O6/c1-14(2)9-17(10-19(27)25-11-15-7-5-6-8-16(15)12-25)20(28)31-22(3)18(26)13-30-23(22,4)21(24)29/h5-8,14,17H,9-13H2,1-4H3,(H2,24,29). The van der Waals surface area contributed by atoms with Crippen LogP contribution in [0.25, 0.3) is 0 Å². The molecule has 0 saturated carbocycles. The lowest BCUT2D eigenvalue weighted by Gasteiger charge is -2.35. The molecule has 1 fully saturated rings. The summed E-state index contributed by atoms with van der Waals surface area (Å²) in [5.74, 6) is -2.92. The maximum atomic E-state index is 13.1. The molecule has 0 aromatic heterocycles. The minimum absolute atomic E-state index is 0.0383. The summed E-state index contributed by atoms with van der Waals surface area (Å²) in [6.45, 7) is 7.20. The van der Waals surface area contributed by atoms with E-state index in [2.05, 4.69) is 0 Å². The number of Topliss-reactive ketones (excluding diaryl/α,β-unsaturated/α-hetero) is 1. The molecule has 1 aromatic carbocycles. The summed E-state index contributed by atoms with van der Waals surface area (Å²) in [5.41, 5.74) is 4.03. The predicted octanol–water partition coefficient (Wildman–Crippen LogP) is 1.73. The highest BCUT2D eigenvalue weighted by molar-refractivity contribution is 6.02. The fourth-order valence-corrected chi connectivity index (χ4v) is 4.18. The summed E-state index contributed by atoms with van der Waals surface area (Å²) in [5, 5.41) is 0.